The summed E-state index contributed by atoms with van der Waals surface area (Å²) in [4.78, 5) is 5.08. The first kappa shape index (κ1) is 18.5. The van der Waals surface area contributed by atoms with Crippen molar-refractivity contribution in [2.24, 2.45) is 5.92 Å². The minimum atomic E-state index is -0.196. The van der Waals surface area contributed by atoms with Gasteiger partial charge < -0.3 is 10.0 Å². The topological polar surface area (TPSA) is 26.7 Å². The van der Waals surface area contributed by atoms with Gasteiger partial charge in [0.2, 0.25) is 0 Å². The maximum atomic E-state index is 13.2. The number of aliphatic hydroxyl groups is 1. The van der Waals surface area contributed by atoms with Gasteiger partial charge in [0.15, 0.2) is 0 Å². The molecule has 2 aromatic carbocycles. The summed E-state index contributed by atoms with van der Waals surface area (Å²) < 4.78 is 13.2. The Kier molecular flexibility index (Phi) is 5.74. The molecular formula is C23H29FN2O. The van der Waals surface area contributed by atoms with E-state index in [4.69, 9.17) is 0 Å². The zero-order chi connectivity index (χ0) is 18.6. The molecule has 4 rings (SSSR count). The number of halogens is 1. The van der Waals surface area contributed by atoms with Gasteiger partial charge in [-0.15, -0.1) is 0 Å². The molecule has 2 saturated heterocycles. The Bertz CT molecular complexity index is 740. The summed E-state index contributed by atoms with van der Waals surface area (Å²) in [5.41, 5.74) is 3.44. The molecule has 2 aromatic rings. The first-order chi connectivity index (χ1) is 13.2. The fourth-order valence-corrected chi connectivity index (χ4v) is 4.59. The number of nitrogens with zero attached hydrogens (tertiary/aromatic N) is 2. The fraction of sp³-hybridized carbons (Fsp3) is 0.478. The van der Waals surface area contributed by atoms with Gasteiger partial charge in [0, 0.05) is 38.0 Å². The van der Waals surface area contributed by atoms with Gasteiger partial charge in [0.1, 0.15) is 5.82 Å². The molecule has 0 spiro atoms. The van der Waals surface area contributed by atoms with Crippen molar-refractivity contribution < 1.29 is 9.50 Å². The molecule has 2 aliphatic heterocycles. The Morgan fingerprint density at radius 3 is 2.44 bits per heavy atom. The normalized spacial score (nSPS) is 22.1. The second-order valence-corrected chi connectivity index (χ2v) is 7.96. The molecular weight excluding hydrogens is 339 g/mol. The SMILES string of the molecule is OCC1CCCN(C2CCN(c3cccc(-c4ccc(F)cc4)c3)CC2)C1. The van der Waals surface area contributed by atoms with Gasteiger partial charge in [-0.05, 0) is 73.5 Å². The summed E-state index contributed by atoms with van der Waals surface area (Å²) >= 11 is 0. The Labute approximate surface area is 161 Å². The second-order valence-electron chi connectivity index (χ2n) is 7.96. The van der Waals surface area contributed by atoms with E-state index in [0.717, 1.165) is 30.8 Å². The van der Waals surface area contributed by atoms with Crippen molar-refractivity contribution in [2.45, 2.75) is 31.7 Å². The zero-order valence-electron chi connectivity index (χ0n) is 15.9. The molecule has 0 amide bonds. The van der Waals surface area contributed by atoms with E-state index in [1.54, 1.807) is 0 Å². The molecule has 2 fully saturated rings. The number of hydrogen-bond donors (Lipinski definition) is 1. The monoisotopic (exact) mass is 368 g/mol. The highest BCUT2D eigenvalue weighted by molar-refractivity contribution is 5.68. The van der Waals surface area contributed by atoms with E-state index in [-0.39, 0.29) is 5.82 Å². The summed E-state index contributed by atoms with van der Waals surface area (Å²) in [6.07, 6.45) is 4.74. The molecule has 2 heterocycles. The van der Waals surface area contributed by atoms with Crippen molar-refractivity contribution >= 4 is 5.69 Å². The van der Waals surface area contributed by atoms with Gasteiger partial charge >= 0.3 is 0 Å². The van der Waals surface area contributed by atoms with Crippen LogP contribution < -0.4 is 4.90 Å². The van der Waals surface area contributed by atoms with Crippen molar-refractivity contribution in [3.63, 3.8) is 0 Å². The molecule has 0 aliphatic carbocycles. The van der Waals surface area contributed by atoms with Crippen LogP contribution in [-0.2, 0) is 0 Å². The maximum Gasteiger partial charge on any atom is 0.123 e. The lowest BCUT2D eigenvalue weighted by atomic mass is 9.94. The van der Waals surface area contributed by atoms with Crippen LogP contribution in [0, 0.1) is 11.7 Å². The highest BCUT2D eigenvalue weighted by Gasteiger charge is 2.28. The molecule has 1 unspecified atom stereocenters. The number of benzene rings is 2. The molecule has 1 atom stereocenters. The number of hydrogen-bond acceptors (Lipinski definition) is 3. The van der Waals surface area contributed by atoms with Crippen LogP contribution in [0.3, 0.4) is 0 Å². The Balaban J connectivity index is 1.39. The number of piperidine rings is 2. The lowest BCUT2D eigenvalue weighted by molar-refractivity contribution is 0.0778. The number of aliphatic hydroxyl groups excluding tert-OH is 1. The summed E-state index contributed by atoms with van der Waals surface area (Å²) in [5.74, 6) is 0.266. The van der Waals surface area contributed by atoms with Gasteiger partial charge in [0.05, 0.1) is 0 Å². The van der Waals surface area contributed by atoms with Gasteiger partial charge in [-0.3, -0.25) is 4.90 Å². The van der Waals surface area contributed by atoms with E-state index >= 15 is 0 Å². The predicted molar refractivity (Wildman–Crippen MR) is 108 cm³/mol. The summed E-state index contributed by atoms with van der Waals surface area (Å²) in [7, 11) is 0. The third-order valence-electron chi connectivity index (χ3n) is 6.18. The van der Waals surface area contributed by atoms with Crippen LogP contribution in [0.15, 0.2) is 48.5 Å². The third kappa shape index (κ3) is 4.33. The van der Waals surface area contributed by atoms with Crippen LogP contribution in [-0.4, -0.2) is 48.8 Å². The average Bonchev–Trinajstić information content (AvgIpc) is 2.74. The van der Waals surface area contributed by atoms with E-state index in [2.05, 4.69) is 34.1 Å². The average molecular weight is 368 g/mol. The van der Waals surface area contributed by atoms with Gasteiger partial charge in [-0.2, -0.15) is 0 Å². The predicted octanol–water partition coefficient (Wildman–Crippen LogP) is 4.17. The summed E-state index contributed by atoms with van der Waals surface area (Å²) in [6.45, 7) is 4.70. The largest absolute Gasteiger partial charge is 0.396 e. The quantitative estimate of drug-likeness (QED) is 0.878. The van der Waals surface area contributed by atoms with E-state index in [0.29, 0.717) is 18.6 Å². The Morgan fingerprint density at radius 2 is 1.70 bits per heavy atom. The van der Waals surface area contributed by atoms with Crippen molar-refractivity contribution in [3.05, 3.63) is 54.3 Å². The van der Waals surface area contributed by atoms with Crippen LogP contribution in [0.2, 0.25) is 0 Å². The molecule has 0 saturated carbocycles. The van der Waals surface area contributed by atoms with E-state index < -0.39 is 0 Å². The molecule has 0 radical (unpaired) electrons. The van der Waals surface area contributed by atoms with Gasteiger partial charge in [-0.25, -0.2) is 4.39 Å². The molecule has 0 bridgehead atoms. The molecule has 1 N–H and O–H groups in total. The summed E-state index contributed by atoms with van der Waals surface area (Å²) in [5, 5.41) is 9.48. The Morgan fingerprint density at radius 1 is 0.926 bits per heavy atom. The molecule has 3 nitrogen and oxygen atoms in total. The van der Waals surface area contributed by atoms with Crippen LogP contribution in [0.4, 0.5) is 10.1 Å². The van der Waals surface area contributed by atoms with Crippen molar-refractivity contribution in [1.29, 1.82) is 0 Å². The highest BCUT2D eigenvalue weighted by atomic mass is 19.1. The van der Waals surface area contributed by atoms with Crippen LogP contribution in [0.1, 0.15) is 25.7 Å². The first-order valence-corrected chi connectivity index (χ1v) is 10.2. The van der Waals surface area contributed by atoms with E-state index in [1.807, 2.05) is 12.1 Å². The molecule has 27 heavy (non-hydrogen) atoms. The third-order valence-corrected chi connectivity index (χ3v) is 6.18. The van der Waals surface area contributed by atoms with Crippen molar-refractivity contribution in [2.75, 3.05) is 37.7 Å². The lowest BCUT2D eigenvalue weighted by Crippen LogP contribution is -2.49. The molecule has 4 heteroatoms. The minimum Gasteiger partial charge on any atom is -0.396 e. The highest BCUT2D eigenvalue weighted by Crippen LogP contribution is 2.29. The minimum absolute atomic E-state index is 0.196. The Hall–Kier alpha value is -1.91. The smallest absolute Gasteiger partial charge is 0.123 e. The summed E-state index contributed by atoms with van der Waals surface area (Å²) in [6, 6.07) is 16.0. The first-order valence-electron chi connectivity index (χ1n) is 10.2. The van der Waals surface area contributed by atoms with Crippen LogP contribution in [0.25, 0.3) is 11.1 Å². The fourth-order valence-electron chi connectivity index (χ4n) is 4.59. The van der Waals surface area contributed by atoms with Crippen molar-refractivity contribution in [1.82, 2.24) is 4.90 Å². The number of rotatable bonds is 4. The lowest BCUT2D eigenvalue weighted by Gasteiger charge is -2.42. The molecule has 144 valence electrons. The molecule has 0 aromatic heterocycles. The van der Waals surface area contributed by atoms with Crippen LogP contribution >= 0.6 is 0 Å². The second kappa shape index (κ2) is 8.41. The standard InChI is InChI=1S/C23H29FN2O/c24-21-8-6-19(7-9-21)20-4-1-5-23(15-20)25-13-10-22(11-14-25)26-12-2-3-18(16-26)17-27/h1,4-9,15,18,22,27H,2-3,10-14,16-17H2. The van der Waals surface area contributed by atoms with Crippen LogP contribution in [0.5, 0.6) is 0 Å². The maximum absolute atomic E-state index is 13.2. The van der Waals surface area contributed by atoms with Gasteiger partial charge in [-0.1, -0.05) is 24.3 Å². The molecule has 2 aliphatic rings. The van der Waals surface area contributed by atoms with E-state index in [1.165, 1.54) is 50.0 Å². The van der Waals surface area contributed by atoms with E-state index in [9.17, 15) is 9.50 Å². The zero-order valence-corrected chi connectivity index (χ0v) is 15.9. The number of anilines is 1. The van der Waals surface area contributed by atoms with Crippen molar-refractivity contribution in [3.8, 4) is 11.1 Å². The van der Waals surface area contributed by atoms with Gasteiger partial charge in [0.25, 0.3) is 0 Å². The number of likely N-dealkylation sites (tertiary alicyclic amines) is 1.